The van der Waals surface area contributed by atoms with Gasteiger partial charge in [-0.15, -0.1) is 0 Å². The Hall–Kier alpha value is -0.270. The molecular formula is C11H15BrN2O2S2. The fourth-order valence-electron chi connectivity index (χ4n) is 1.92. The predicted molar refractivity (Wildman–Crippen MR) is 79.9 cm³/mol. The molecule has 1 unspecified atom stereocenters. The van der Waals surface area contributed by atoms with E-state index >= 15 is 0 Å². The van der Waals surface area contributed by atoms with Gasteiger partial charge < -0.3 is 4.90 Å². The van der Waals surface area contributed by atoms with Crippen LogP contribution in [0.15, 0.2) is 22.9 Å². The van der Waals surface area contributed by atoms with Crippen molar-refractivity contribution in [2.24, 2.45) is 0 Å². The lowest BCUT2D eigenvalue weighted by atomic mass is 10.3. The lowest BCUT2D eigenvalue weighted by Gasteiger charge is -2.36. The maximum atomic E-state index is 12.1. The molecule has 1 fully saturated rings. The molecule has 2 rings (SSSR count). The van der Waals surface area contributed by atoms with E-state index in [4.69, 9.17) is 0 Å². The first-order chi connectivity index (χ1) is 8.54. The third kappa shape index (κ3) is 3.00. The Morgan fingerprint density at radius 2 is 2.33 bits per heavy atom. The average molecular weight is 351 g/mol. The van der Waals surface area contributed by atoms with Crippen LogP contribution in [0.4, 0.5) is 5.69 Å². The fourth-order valence-corrected chi connectivity index (χ4v) is 5.27. The summed E-state index contributed by atoms with van der Waals surface area (Å²) in [5.41, 5.74) is 0.867. The molecule has 0 N–H and O–H groups in total. The number of rotatable bonds is 3. The highest BCUT2D eigenvalue weighted by Gasteiger charge is 2.33. The van der Waals surface area contributed by atoms with Crippen molar-refractivity contribution in [3.63, 3.8) is 0 Å². The van der Waals surface area contributed by atoms with Gasteiger partial charge in [-0.2, -0.15) is 11.8 Å². The Morgan fingerprint density at radius 1 is 1.56 bits per heavy atom. The molecule has 2 heterocycles. The number of sulfone groups is 1. The summed E-state index contributed by atoms with van der Waals surface area (Å²) in [4.78, 5) is 6.06. The minimum atomic E-state index is -3.07. The molecule has 18 heavy (non-hydrogen) atoms. The molecule has 1 aromatic heterocycles. The molecular weight excluding hydrogens is 336 g/mol. The second-order valence-electron chi connectivity index (χ2n) is 4.04. The lowest BCUT2D eigenvalue weighted by molar-refractivity contribution is 0.579. The molecule has 0 saturated carbocycles. The SMILES string of the molecule is CCS(=O)(=O)C1CSCCN1c1cncc(Br)c1. The van der Waals surface area contributed by atoms with Crippen LogP contribution in [0.1, 0.15) is 6.92 Å². The summed E-state index contributed by atoms with van der Waals surface area (Å²) in [5.74, 6) is 1.75. The van der Waals surface area contributed by atoms with E-state index in [0.717, 1.165) is 22.5 Å². The largest absolute Gasteiger partial charge is 0.352 e. The molecule has 0 aliphatic carbocycles. The lowest BCUT2D eigenvalue weighted by Crippen LogP contribution is -2.48. The summed E-state index contributed by atoms with van der Waals surface area (Å²) in [6, 6.07) is 1.92. The van der Waals surface area contributed by atoms with E-state index in [-0.39, 0.29) is 5.75 Å². The van der Waals surface area contributed by atoms with Crippen molar-refractivity contribution in [2.75, 3.05) is 28.7 Å². The molecule has 1 atom stereocenters. The van der Waals surface area contributed by atoms with Gasteiger partial charge in [0.1, 0.15) is 5.37 Å². The fraction of sp³-hybridized carbons (Fsp3) is 0.545. The first-order valence-electron chi connectivity index (χ1n) is 5.71. The van der Waals surface area contributed by atoms with Gasteiger partial charge in [0.05, 0.1) is 11.9 Å². The summed E-state index contributed by atoms with van der Waals surface area (Å²) in [5, 5.41) is -0.433. The highest BCUT2D eigenvalue weighted by Crippen LogP contribution is 2.28. The van der Waals surface area contributed by atoms with Crippen LogP contribution in [0.2, 0.25) is 0 Å². The summed E-state index contributed by atoms with van der Waals surface area (Å²) in [7, 11) is -3.07. The number of thioether (sulfide) groups is 1. The molecule has 7 heteroatoms. The van der Waals surface area contributed by atoms with Crippen LogP contribution in [-0.4, -0.2) is 42.6 Å². The summed E-state index contributed by atoms with van der Waals surface area (Å²) in [6.45, 7) is 2.44. The van der Waals surface area contributed by atoms with Crippen LogP contribution >= 0.6 is 27.7 Å². The minimum Gasteiger partial charge on any atom is -0.352 e. The number of hydrogen-bond acceptors (Lipinski definition) is 5. The molecule has 0 amide bonds. The quantitative estimate of drug-likeness (QED) is 0.835. The molecule has 100 valence electrons. The third-order valence-corrected chi connectivity index (χ3v) is 6.65. The Bertz CT molecular complexity index is 522. The van der Waals surface area contributed by atoms with Gasteiger partial charge in [-0.25, -0.2) is 8.42 Å². The predicted octanol–water partition coefficient (Wildman–Crippen LogP) is 2.16. The molecule has 0 bridgehead atoms. The van der Waals surface area contributed by atoms with Gasteiger partial charge in [-0.05, 0) is 22.0 Å². The topological polar surface area (TPSA) is 50.3 Å². The zero-order valence-corrected chi connectivity index (χ0v) is 13.3. The van der Waals surface area contributed by atoms with Crippen LogP contribution in [-0.2, 0) is 9.84 Å². The van der Waals surface area contributed by atoms with E-state index in [1.165, 1.54) is 0 Å². The molecule has 4 nitrogen and oxygen atoms in total. The third-order valence-electron chi connectivity index (χ3n) is 2.92. The van der Waals surface area contributed by atoms with E-state index < -0.39 is 15.2 Å². The van der Waals surface area contributed by atoms with Gasteiger partial charge >= 0.3 is 0 Å². The molecule has 0 spiro atoms. The number of hydrogen-bond donors (Lipinski definition) is 0. The van der Waals surface area contributed by atoms with Crippen LogP contribution in [0.25, 0.3) is 0 Å². The first-order valence-corrected chi connectivity index (χ1v) is 9.37. The van der Waals surface area contributed by atoms with Crippen molar-refractivity contribution in [1.29, 1.82) is 0 Å². The monoisotopic (exact) mass is 350 g/mol. The maximum absolute atomic E-state index is 12.1. The van der Waals surface area contributed by atoms with E-state index in [9.17, 15) is 8.42 Å². The van der Waals surface area contributed by atoms with Crippen molar-refractivity contribution in [3.8, 4) is 0 Å². The number of nitrogens with zero attached hydrogens (tertiary/aromatic N) is 2. The molecule has 1 aromatic rings. The number of pyridine rings is 1. The Balaban J connectivity index is 2.34. The van der Waals surface area contributed by atoms with E-state index in [1.54, 1.807) is 31.1 Å². The highest BCUT2D eigenvalue weighted by molar-refractivity contribution is 9.10. The normalized spacial score (nSPS) is 21.0. The van der Waals surface area contributed by atoms with Crippen molar-refractivity contribution < 1.29 is 8.42 Å². The van der Waals surface area contributed by atoms with Crippen molar-refractivity contribution in [2.45, 2.75) is 12.3 Å². The highest BCUT2D eigenvalue weighted by atomic mass is 79.9. The van der Waals surface area contributed by atoms with Crippen LogP contribution in [0.3, 0.4) is 0 Å². The second kappa shape index (κ2) is 5.79. The number of anilines is 1. The van der Waals surface area contributed by atoms with E-state index in [0.29, 0.717) is 5.75 Å². The Kier molecular flexibility index (Phi) is 4.55. The van der Waals surface area contributed by atoms with Crippen LogP contribution in [0.5, 0.6) is 0 Å². The molecule has 1 aliphatic heterocycles. The summed E-state index contributed by atoms with van der Waals surface area (Å²) >= 11 is 5.07. The van der Waals surface area contributed by atoms with Gasteiger partial charge in [0.2, 0.25) is 0 Å². The molecule has 0 radical (unpaired) electrons. The van der Waals surface area contributed by atoms with Crippen molar-refractivity contribution >= 4 is 43.2 Å². The van der Waals surface area contributed by atoms with Crippen molar-refractivity contribution in [1.82, 2.24) is 4.98 Å². The van der Waals surface area contributed by atoms with Gasteiger partial charge in [0.25, 0.3) is 0 Å². The molecule has 0 aromatic carbocycles. The Labute approximate surface area is 120 Å². The van der Waals surface area contributed by atoms with Gasteiger partial charge in [0, 0.05) is 34.5 Å². The summed E-state index contributed by atoms with van der Waals surface area (Å²) in [6.07, 6.45) is 3.42. The van der Waals surface area contributed by atoms with Crippen LogP contribution < -0.4 is 4.90 Å². The smallest absolute Gasteiger partial charge is 0.171 e. The average Bonchev–Trinajstić information content (AvgIpc) is 2.39. The maximum Gasteiger partial charge on any atom is 0.171 e. The zero-order chi connectivity index (χ0) is 13.2. The molecule has 1 aliphatic rings. The number of halogens is 1. The van der Waals surface area contributed by atoms with E-state index in [2.05, 4.69) is 20.9 Å². The standard InChI is InChI=1S/C11H15BrN2O2S2/c1-2-18(15,16)11-8-17-4-3-14(11)10-5-9(12)6-13-7-10/h5-7,11H,2-4,8H2,1H3. The minimum absolute atomic E-state index is 0.177. The van der Waals surface area contributed by atoms with Gasteiger partial charge in [-0.3, -0.25) is 4.98 Å². The van der Waals surface area contributed by atoms with Crippen molar-refractivity contribution in [3.05, 3.63) is 22.9 Å². The van der Waals surface area contributed by atoms with Gasteiger partial charge in [-0.1, -0.05) is 6.92 Å². The van der Waals surface area contributed by atoms with E-state index in [1.807, 2.05) is 11.0 Å². The first kappa shape index (κ1) is 14.1. The summed E-state index contributed by atoms with van der Waals surface area (Å²) < 4.78 is 25.1. The second-order valence-corrected chi connectivity index (χ2v) is 8.55. The number of aromatic nitrogens is 1. The van der Waals surface area contributed by atoms with Crippen LogP contribution in [0, 0.1) is 0 Å². The molecule has 1 saturated heterocycles. The van der Waals surface area contributed by atoms with Gasteiger partial charge in [0.15, 0.2) is 9.84 Å². The Morgan fingerprint density at radius 3 is 3.00 bits per heavy atom. The zero-order valence-electron chi connectivity index (χ0n) is 10.0.